The van der Waals surface area contributed by atoms with Gasteiger partial charge in [-0.15, -0.1) is 0 Å². The van der Waals surface area contributed by atoms with Gasteiger partial charge in [-0.3, -0.25) is 20.0 Å². The van der Waals surface area contributed by atoms with Gasteiger partial charge in [-0.05, 0) is 68.0 Å². The Kier molecular flexibility index (Phi) is 11.2. The molecule has 0 bridgehead atoms. The van der Waals surface area contributed by atoms with E-state index < -0.39 is 18.5 Å². The number of ether oxygens (including phenoxy) is 1. The number of aliphatic hydroxyl groups excluding tert-OH is 2. The first kappa shape index (κ1) is 39.0. The molecule has 3 amide bonds. The highest BCUT2D eigenvalue weighted by Crippen LogP contribution is 2.38. The highest BCUT2D eigenvalue weighted by molar-refractivity contribution is 6.00. The van der Waals surface area contributed by atoms with Crippen LogP contribution < -0.4 is 20.9 Å². The van der Waals surface area contributed by atoms with Gasteiger partial charge in [-0.25, -0.2) is 14.3 Å². The van der Waals surface area contributed by atoms with Crippen molar-refractivity contribution in [1.29, 1.82) is 0 Å². The fourth-order valence-corrected chi connectivity index (χ4v) is 8.88. The second kappa shape index (κ2) is 17.0. The Morgan fingerprint density at radius 3 is 2.66 bits per heavy atom. The zero-order valence-electron chi connectivity index (χ0n) is 33.1. The summed E-state index contributed by atoms with van der Waals surface area (Å²) >= 11 is 0. The van der Waals surface area contributed by atoms with E-state index in [4.69, 9.17) is 9.26 Å². The van der Waals surface area contributed by atoms with Crippen LogP contribution in [0.2, 0.25) is 0 Å². The minimum absolute atomic E-state index is 0.0699. The Bertz CT molecular complexity index is 2300. The van der Waals surface area contributed by atoms with E-state index in [1.165, 1.54) is 0 Å². The Morgan fingerprint density at radius 1 is 1.00 bits per heavy atom. The molecule has 1 aromatic carbocycles. The number of aliphatic hydroxyl groups is 2. The summed E-state index contributed by atoms with van der Waals surface area (Å²) in [6, 6.07) is 8.95. The lowest BCUT2D eigenvalue weighted by atomic mass is 10.0. The maximum Gasteiger partial charge on any atom is 0.323 e. The molecule has 0 radical (unpaired) electrons. The standard InChI is InChI=1S/C41H50N12O6/c1-25-20-28(45-41(57)46-31-23-42-33-10-12-44-53(33)37(31)26-4-2-3-5-26)22-43-36(25)38-48-35(59-49-38)11-18-58-19-17-50-13-15-51(16-14-50)29-6-7-30-27(21-29)24-52(40(30)56)32-8-9-34(54)47-39(32)55/h6-7,10,12,20-23,26,32,34,39,47,54-55H,2-5,8-9,11,13-19,24H2,1H3,(H2,45,46,57). The second-order valence-electron chi connectivity index (χ2n) is 15.9. The SMILES string of the molecule is Cc1cc(NC(=O)Nc2cnc3ccnn3c2C2CCCC2)cnc1-c1noc(CCOCCN2CCN(c3ccc4c(c3)CN(C3CCC(O)NC3O)C4=O)CC2)n1. The van der Waals surface area contributed by atoms with Crippen LogP contribution >= 0.6 is 0 Å². The molecule has 3 fully saturated rings. The van der Waals surface area contributed by atoms with Gasteiger partial charge in [0, 0.05) is 62.5 Å². The van der Waals surface area contributed by atoms with Crippen LogP contribution in [0.1, 0.15) is 77.5 Å². The number of piperazine rings is 1. The number of benzene rings is 1. The smallest absolute Gasteiger partial charge is 0.323 e. The van der Waals surface area contributed by atoms with Crippen molar-refractivity contribution in [2.24, 2.45) is 0 Å². The minimum Gasteiger partial charge on any atom is -0.380 e. The number of carbonyl (C=O) groups is 2. The summed E-state index contributed by atoms with van der Waals surface area (Å²) < 4.78 is 13.3. The summed E-state index contributed by atoms with van der Waals surface area (Å²) in [6.45, 7) is 7.69. The Balaban J connectivity index is 0.704. The number of amides is 3. The highest BCUT2D eigenvalue weighted by atomic mass is 16.5. The summed E-state index contributed by atoms with van der Waals surface area (Å²) in [7, 11) is 0. The molecule has 5 N–H and O–H groups in total. The first-order valence-corrected chi connectivity index (χ1v) is 20.6. The zero-order valence-corrected chi connectivity index (χ0v) is 33.1. The third-order valence-corrected chi connectivity index (χ3v) is 12.0. The number of pyridine rings is 1. The van der Waals surface area contributed by atoms with Crippen molar-refractivity contribution in [3.63, 3.8) is 0 Å². The van der Waals surface area contributed by atoms with E-state index in [2.05, 4.69) is 57.0 Å². The number of aromatic nitrogens is 6. The largest absolute Gasteiger partial charge is 0.380 e. The van der Waals surface area contributed by atoms with E-state index in [9.17, 15) is 19.8 Å². The van der Waals surface area contributed by atoms with Crippen molar-refractivity contribution < 1.29 is 29.1 Å². The highest BCUT2D eigenvalue weighted by Gasteiger charge is 2.39. The maximum absolute atomic E-state index is 13.1. The lowest BCUT2D eigenvalue weighted by molar-refractivity contribution is -0.0477. The number of fused-ring (bicyclic) bond motifs is 2. The van der Waals surface area contributed by atoms with Gasteiger partial charge in [0.2, 0.25) is 11.7 Å². The molecule has 4 aliphatic rings. The number of hydrogen-bond acceptors (Lipinski definition) is 14. The number of aryl methyl sites for hydroxylation is 1. The number of anilines is 3. The second-order valence-corrected chi connectivity index (χ2v) is 15.9. The van der Waals surface area contributed by atoms with Gasteiger partial charge in [-0.2, -0.15) is 10.1 Å². The number of urea groups is 1. The normalized spacial score (nSPS) is 21.4. The number of nitrogens with one attached hydrogen (secondary N) is 3. The molecule has 2 saturated heterocycles. The zero-order chi connectivity index (χ0) is 40.5. The summed E-state index contributed by atoms with van der Waals surface area (Å²) in [4.78, 5) is 46.3. The van der Waals surface area contributed by atoms with Crippen LogP contribution in [-0.4, -0.2) is 126 Å². The number of nitrogens with zero attached hydrogens (tertiary/aromatic N) is 9. The number of piperidine rings is 1. The van der Waals surface area contributed by atoms with E-state index in [1.807, 2.05) is 35.7 Å². The predicted molar refractivity (Wildman–Crippen MR) is 217 cm³/mol. The number of hydrogen-bond donors (Lipinski definition) is 5. The predicted octanol–water partition coefficient (Wildman–Crippen LogP) is 3.51. The molecule has 3 unspecified atom stereocenters. The quantitative estimate of drug-likeness (QED) is 0.114. The molecule has 310 valence electrons. The van der Waals surface area contributed by atoms with Gasteiger partial charge in [0.25, 0.3) is 5.91 Å². The van der Waals surface area contributed by atoms with Gasteiger partial charge < -0.3 is 39.9 Å². The Morgan fingerprint density at radius 2 is 1.85 bits per heavy atom. The van der Waals surface area contributed by atoms with Crippen LogP contribution in [0, 0.1) is 6.92 Å². The van der Waals surface area contributed by atoms with Crippen molar-refractivity contribution in [2.45, 2.75) is 82.8 Å². The molecular weight excluding hydrogens is 757 g/mol. The van der Waals surface area contributed by atoms with E-state index in [-0.39, 0.29) is 11.9 Å². The molecule has 3 aliphatic heterocycles. The Hall–Kier alpha value is -5.53. The summed E-state index contributed by atoms with van der Waals surface area (Å²) in [5.41, 5.74) is 7.02. The first-order valence-electron chi connectivity index (χ1n) is 20.6. The van der Waals surface area contributed by atoms with Gasteiger partial charge in [0.1, 0.15) is 18.1 Å². The van der Waals surface area contributed by atoms with Crippen molar-refractivity contribution in [1.82, 2.24) is 44.8 Å². The average molecular weight is 807 g/mol. The molecule has 4 aromatic heterocycles. The van der Waals surface area contributed by atoms with Crippen molar-refractivity contribution in [3.8, 4) is 11.5 Å². The van der Waals surface area contributed by atoms with Gasteiger partial charge >= 0.3 is 6.03 Å². The van der Waals surface area contributed by atoms with Crippen molar-refractivity contribution in [2.75, 3.05) is 61.5 Å². The molecule has 18 heteroatoms. The van der Waals surface area contributed by atoms with Crippen LogP contribution in [0.15, 0.2) is 53.4 Å². The van der Waals surface area contributed by atoms with E-state index >= 15 is 0 Å². The fraction of sp³-hybridized carbons (Fsp3) is 0.488. The third-order valence-electron chi connectivity index (χ3n) is 12.0. The van der Waals surface area contributed by atoms with Gasteiger partial charge in [-0.1, -0.05) is 18.0 Å². The van der Waals surface area contributed by atoms with E-state index in [0.29, 0.717) is 79.3 Å². The molecule has 18 nitrogen and oxygen atoms in total. The lowest BCUT2D eigenvalue weighted by Crippen LogP contribution is -2.56. The third kappa shape index (κ3) is 8.36. The molecule has 0 spiro atoms. The molecule has 5 aromatic rings. The van der Waals surface area contributed by atoms with Crippen LogP contribution in [-0.2, 0) is 17.7 Å². The lowest BCUT2D eigenvalue weighted by Gasteiger charge is -2.37. The number of rotatable bonds is 12. The molecule has 7 heterocycles. The van der Waals surface area contributed by atoms with Crippen molar-refractivity contribution >= 4 is 34.6 Å². The van der Waals surface area contributed by atoms with E-state index in [1.54, 1.807) is 23.5 Å². The van der Waals surface area contributed by atoms with Gasteiger partial charge in [0.15, 0.2) is 5.65 Å². The summed E-state index contributed by atoms with van der Waals surface area (Å²) in [6.07, 6.45) is 9.23. The maximum atomic E-state index is 13.1. The molecule has 3 atom stereocenters. The molecule has 9 rings (SSSR count). The van der Waals surface area contributed by atoms with Crippen LogP contribution in [0.5, 0.6) is 0 Å². The molecule has 1 aliphatic carbocycles. The Labute approximate surface area is 340 Å². The van der Waals surface area contributed by atoms with E-state index in [0.717, 1.165) is 86.6 Å². The van der Waals surface area contributed by atoms with Gasteiger partial charge in [0.05, 0.1) is 61.3 Å². The number of carbonyl (C=O) groups excluding carboxylic acids is 2. The van der Waals surface area contributed by atoms with Crippen LogP contribution in [0.4, 0.5) is 21.9 Å². The first-order chi connectivity index (χ1) is 28.8. The van der Waals surface area contributed by atoms with Crippen molar-refractivity contribution in [3.05, 3.63) is 77.2 Å². The van der Waals surface area contributed by atoms with Crippen LogP contribution in [0.3, 0.4) is 0 Å². The molecular formula is C41H50N12O6. The molecule has 1 saturated carbocycles. The topological polar surface area (TPSA) is 212 Å². The minimum atomic E-state index is -0.950. The fourth-order valence-electron chi connectivity index (χ4n) is 8.88. The monoisotopic (exact) mass is 806 g/mol. The van der Waals surface area contributed by atoms with Crippen LogP contribution in [0.25, 0.3) is 17.2 Å². The summed E-state index contributed by atoms with van der Waals surface area (Å²) in [5, 5.41) is 37.5. The molecule has 59 heavy (non-hydrogen) atoms. The summed E-state index contributed by atoms with van der Waals surface area (Å²) in [5.74, 6) is 1.08. The average Bonchev–Trinajstić information content (AvgIpc) is 4.07.